The van der Waals surface area contributed by atoms with E-state index in [4.69, 9.17) is 14.9 Å². The molecule has 63 heavy (non-hydrogen) atoms. The van der Waals surface area contributed by atoms with E-state index in [1.807, 2.05) is 36.4 Å². The predicted molar refractivity (Wildman–Crippen MR) is 243 cm³/mol. The van der Waals surface area contributed by atoms with Gasteiger partial charge in [-0.1, -0.05) is 80.1 Å². The zero-order chi connectivity index (χ0) is 45.4. The van der Waals surface area contributed by atoms with Crippen LogP contribution in [0.1, 0.15) is 81.1 Å². The van der Waals surface area contributed by atoms with Crippen LogP contribution in [0.5, 0.6) is 5.75 Å². The van der Waals surface area contributed by atoms with Crippen molar-refractivity contribution in [2.75, 3.05) is 16.1 Å². The van der Waals surface area contributed by atoms with Gasteiger partial charge in [-0.25, -0.2) is 30.8 Å². The Labute approximate surface area is 368 Å². The number of nitrogens with one attached hydrogen (secondary N) is 2. The van der Waals surface area contributed by atoms with Crippen molar-refractivity contribution >= 4 is 43.4 Å². The third-order valence-electron chi connectivity index (χ3n) is 10.1. The Morgan fingerprint density at radius 1 is 0.587 bits per heavy atom. The molecule has 0 aliphatic carbocycles. The second-order valence-corrected chi connectivity index (χ2v) is 18.2. The van der Waals surface area contributed by atoms with Crippen molar-refractivity contribution < 1.29 is 45.8 Å². The lowest BCUT2D eigenvalue weighted by molar-refractivity contribution is 0.0686. The van der Waals surface area contributed by atoms with Crippen molar-refractivity contribution in [3.8, 4) is 5.75 Å². The quantitative estimate of drug-likeness (QED) is 0.0543. The molecule has 0 aliphatic heterocycles. The topological polar surface area (TPSA) is 176 Å². The highest BCUT2D eigenvalue weighted by Gasteiger charge is 2.20. The van der Waals surface area contributed by atoms with Gasteiger partial charge in [0, 0.05) is 0 Å². The summed E-state index contributed by atoms with van der Waals surface area (Å²) in [5.74, 6) is -1.86. The number of aryl methyl sites for hydroxylation is 5. The van der Waals surface area contributed by atoms with Crippen molar-refractivity contribution in [1.82, 2.24) is 0 Å². The molecule has 330 valence electrons. The van der Waals surface area contributed by atoms with E-state index in [0.717, 1.165) is 66.8 Å². The summed E-state index contributed by atoms with van der Waals surface area (Å²) in [6.45, 7) is 4.31. The first-order valence-electron chi connectivity index (χ1n) is 20.5. The van der Waals surface area contributed by atoms with Gasteiger partial charge in [-0.3, -0.25) is 9.44 Å². The van der Waals surface area contributed by atoms with E-state index in [0.29, 0.717) is 42.1 Å². The summed E-state index contributed by atoms with van der Waals surface area (Å²) >= 11 is 0. The van der Waals surface area contributed by atoms with Gasteiger partial charge in [0.15, 0.2) is 0 Å². The molecule has 14 heteroatoms. The fourth-order valence-corrected chi connectivity index (χ4v) is 9.05. The monoisotopic (exact) mass is 894 g/mol. The zero-order valence-corrected chi connectivity index (χ0v) is 36.7. The summed E-state index contributed by atoms with van der Waals surface area (Å²) in [5.41, 5.74) is 5.77. The maximum absolute atomic E-state index is 13.6. The molecule has 0 bridgehead atoms. The number of halogens is 1. The molecule has 0 saturated heterocycles. The van der Waals surface area contributed by atoms with Gasteiger partial charge in [0.05, 0.1) is 38.9 Å². The number of ether oxygens (including phenoxy) is 1. The van der Waals surface area contributed by atoms with Crippen molar-refractivity contribution in [3.63, 3.8) is 0 Å². The molecule has 0 spiro atoms. The maximum Gasteiger partial charge on any atom is 0.335 e. The molecular formula is C49H51FN2O9S2. The number of rotatable bonds is 20. The Bertz CT molecular complexity index is 2690. The van der Waals surface area contributed by atoms with E-state index in [-0.39, 0.29) is 20.9 Å². The van der Waals surface area contributed by atoms with E-state index in [9.17, 15) is 30.8 Å². The van der Waals surface area contributed by atoms with Crippen LogP contribution in [0, 0.1) is 12.7 Å². The molecule has 11 nitrogen and oxygen atoms in total. The summed E-state index contributed by atoms with van der Waals surface area (Å²) in [5, 5.41) is 18.0. The van der Waals surface area contributed by atoms with Crippen LogP contribution in [0.2, 0.25) is 0 Å². The number of para-hydroxylation sites is 2. The SMILES string of the molecule is CCCCOc1ccc(S(=O)(=O)Nc2ccccc2CCCc2ccc(C(=O)O)cc2)cc1.Cc1ccc(F)cc1S(=O)(=O)Nc1ccccc1CCCc1ccc(C(=O)O)cc1. The Morgan fingerprint density at radius 3 is 1.54 bits per heavy atom. The molecule has 0 aromatic heterocycles. The number of sulfonamides is 2. The molecule has 0 aliphatic rings. The summed E-state index contributed by atoms with van der Waals surface area (Å²) in [4.78, 5) is 22.0. The molecule has 0 amide bonds. The predicted octanol–water partition coefficient (Wildman–Crippen LogP) is 10.3. The second-order valence-electron chi connectivity index (χ2n) is 14.8. The molecule has 6 rings (SSSR count). The normalized spacial score (nSPS) is 11.2. The van der Waals surface area contributed by atoms with Crippen molar-refractivity contribution in [2.24, 2.45) is 0 Å². The largest absolute Gasteiger partial charge is 0.494 e. The van der Waals surface area contributed by atoms with Crippen LogP contribution < -0.4 is 14.2 Å². The summed E-state index contributed by atoms with van der Waals surface area (Å²) in [6, 6.07) is 38.1. The second kappa shape index (κ2) is 22.5. The smallest absolute Gasteiger partial charge is 0.335 e. The molecule has 0 unspecified atom stereocenters. The third-order valence-corrected chi connectivity index (χ3v) is 13.0. The van der Waals surface area contributed by atoms with Crippen molar-refractivity contribution in [2.45, 2.75) is 75.0 Å². The van der Waals surface area contributed by atoms with Gasteiger partial charge >= 0.3 is 11.9 Å². The fourth-order valence-electron chi connectivity index (χ4n) is 6.59. The molecule has 0 radical (unpaired) electrons. The van der Waals surface area contributed by atoms with Crippen LogP contribution >= 0.6 is 0 Å². The number of unbranched alkanes of at least 4 members (excludes halogenated alkanes) is 1. The van der Waals surface area contributed by atoms with Gasteiger partial charge in [0.1, 0.15) is 11.6 Å². The van der Waals surface area contributed by atoms with Gasteiger partial charge in [0.2, 0.25) is 0 Å². The highest BCUT2D eigenvalue weighted by Crippen LogP contribution is 2.26. The van der Waals surface area contributed by atoms with Crippen LogP contribution in [0.25, 0.3) is 0 Å². The van der Waals surface area contributed by atoms with Crippen LogP contribution in [-0.2, 0) is 45.7 Å². The number of aromatic carboxylic acids is 2. The molecule has 6 aromatic rings. The summed E-state index contributed by atoms with van der Waals surface area (Å²) < 4.78 is 75.8. The van der Waals surface area contributed by atoms with E-state index in [2.05, 4.69) is 16.4 Å². The lowest BCUT2D eigenvalue weighted by Gasteiger charge is -2.14. The average Bonchev–Trinajstić information content (AvgIpc) is 3.26. The van der Waals surface area contributed by atoms with Crippen molar-refractivity contribution in [3.05, 3.63) is 184 Å². The van der Waals surface area contributed by atoms with Gasteiger partial charge in [-0.15, -0.1) is 0 Å². The van der Waals surface area contributed by atoms with Crippen LogP contribution in [0.15, 0.2) is 149 Å². The number of hydrogen-bond acceptors (Lipinski definition) is 7. The minimum Gasteiger partial charge on any atom is -0.494 e. The number of benzene rings is 6. The van der Waals surface area contributed by atoms with Crippen LogP contribution in [0.4, 0.5) is 15.8 Å². The zero-order valence-electron chi connectivity index (χ0n) is 35.1. The molecule has 0 heterocycles. The third kappa shape index (κ3) is 14.3. The van der Waals surface area contributed by atoms with Gasteiger partial charge in [-0.2, -0.15) is 0 Å². The first kappa shape index (κ1) is 47.5. The highest BCUT2D eigenvalue weighted by molar-refractivity contribution is 7.93. The molecule has 0 saturated carbocycles. The van der Waals surface area contributed by atoms with Gasteiger partial charge in [-0.05, 0) is 152 Å². The van der Waals surface area contributed by atoms with E-state index < -0.39 is 37.8 Å². The Balaban J connectivity index is 0.000000239. The number of carboxylic acids is 2. The minimum absolute atomic E-state index is 0.0872. The highest BCUT2D eigenvalue weighted by atomic mass is 32.2. The number of hydrogen-bond donors (Lipinski definition) is 4. The molecule has 0 fully saturated rings. The summed E-state index contributed by atoms with van der Waals surface area (Å²) in [6.07, 6.45) is 6.34. The molecular weight excluding hydrogens is 844 g/mol. The van der Waals surface area contributed by atoms with E-state index in [1.54, 1.807) is 91.9 Å². The first-order valence-corrected chi connectivity index (χ1v) is 23.5. The number of anilines is 2. The molecule has 0 atom stereocenters. The number of carboxylic acid groups (broad SMARTS) is 2. The summed E-state index contributed by atoms with van der Waals surface area (Å²) in [7, 11) is -7.65. The lowest BCUT2D eigenvalue weighted by atomic mass is 10.0. The van der Waals surface area contributed by atoms with E-state index in [1.165, 1.54) is 12.1 Å². The van der Waals surface area contributed by atoms with Crippen LogP contribution in [-0.4, -0.2) is 45.6 Å². The first-order chi connectivity index (χ1) is 30.1. The fraction of sp³-hybridized carbons (Fsp3) is 0.224. The minimum atomic E-state index is -3.92. The Morgan fingerprint density at radius 2 is 1.06 bits per heavy atom. The maximum atomic E-state index is 13.6. The standard InChI is InChI=1S/C26H29NO5S.C23H22FNO4S/c1-2-3-19-32-23-15-17-24(18-16-23)33(30,31)27-25-10-5-4-8-21(25)9-6-7-20-11-13-22(14-12-20)26(28)29;1-16-9-14-20(24)15-22(16)30(28,29)25-21-8-3-2-6-18(21)7-4-5-17-10-12-19(13-11-17)23(26)27/h4-5,8,10-18,27H,2-3,6-7,9,19H2,1H3,(H,28,29);2-3,6,8-15,25H,4-5,7H2,1H3,(H,26,27). The van der Waals surface area contributed by atoms with Gasteiger partial charge in [0.25, 0.3) is 20.0 Å². The molecule has 4 N–H and O–H groups in total. The number of carbonyl (C=O) groups is 2. The average molecular weight is 895 g/mol. The Kier molecular flexibility index (Phi) is 17.0. The molecule has 6 aromatic carbocycles. The Hall–Kier alpha value is -6.51. The van der Waals surface area contributed by atoms with Crippen molar-refractivity contribution in [1.29, 1.82) is 0 Å². The lowest BCUT2D eigenvalue weighted by Crippen LogP contribution is -2.15. The van der Waals surface area contributed by atoms with Gasteiger partial charge < -0.3 is 14.9 Å². The van der Waals surface area contributed by atoms with Crippen LogP contribution in [0.3, 0.4) is 0 Å². The van der Waals surface area contributed by atoms with E-state index >= 15 is 0 Å².